The first-order valence-corrected chi connectivity index (χ1v) is 7.29. The fourth-order valence-corrected chi connectivity index (χ4v) is 2.56. The Morgan fingerprint density at radius 1 is 1.33 bits per heavy atom. The lowest BCUT2D eigenvalue weighted by atomic mass is 9.80. The van der Waals surface area contributed by atoms with Gasteiger partial charge in [0.2, 0.25) is 0 Å². The van der Waals surface area contributed by atoms with Gasteiger partial charge in [0.1, 0.15) is 0 Å². The van der Waals surface area contributed by atoms with Crippen molar-refractivity contribution < 1.29 is 0 Å². The van der Waals surface area contributed by atoms with E-state index in [1.165, 1.54) is 36.8 Å². The maximum Gasteiger partial charge on any atom is 0.0354 e. The van der Waals surface area contributed by atoms with Crippen molar-refractivity contribution in [3.63, 3.8) is 0 Å². The highest BCUT2D eigenvalue weighted by Gasteiger charge is 2.19. The largest absolute Gasteiger partial charge is 0.310 e. The topological polar surface area (TPSA) is 12.0 Å². The quantitative estimate of drug-likeness (QED) is 0.692. The molecule has 1 heteroatoms. The molecule has 0 saturated heterocycles. The van der Waals surface area contributed by atoms with Gasteiger partial charge in [-0.15, -0.1) is 6.58 Å². The van der Waals surface area contributed by atoms with Crippen molar-refractivity contribution in [2.24, 2.45) is 0 Å². The van der Waals surface area contributed by atoms with Crippen molar-refractivity contribution >= 4 is 0 Å². The average molecular weight is 243 g/mol. The number of rotatable bonds is 7. The molecule has 1 aliphatic carbocycles. The summed E-state index contributed by atoms with van der Waals surface area (Å²) in [6.45, 7) is 7.14. The van der Waals surface area contributed by atoms with Gasteiger partial charge in [-0.2, -0.15) is 0 Å². The van der Waals surface area contributed by atoms with Crippen LogP contribution in [-0.4, -0.2) is 6.54 Å². The highest BCUT2D eigenvalue weighted by atomic mass is 14.9. The second kappa shape index (κ2) is 6.75. The van der Waals surface area contributed by atoms with Gasteiger partial charge < -0.3 is 5.32 Å². The van der Waals surface area contributed by atoms with E-state index in [1.54, 1.807) is 0 Å². The molecule has 1 aliphatic rings. The van der Waals surface area contributed by atoms with Crippen molar-refractivity contribution in [1.82, 2.24) is 5.32 Å². The van der Waals surface area contributed by atoms with Gasteiger partial charge in [-0.05, 0) is 49.3 Å². The molecule has 1 aromatic carbocycles. The normalized spacial score (nSPS) is 17.2. The Morgan fingerprint density at radius 2 is 2.06 bits per heavy atom. The number of hydrogen-bond acceptors (Lipinski definition) is 1. The van der Waals surface area contributed by atoms with Gasteiger partial charge in [0.25, 0.3) is 0 Å². The summed E-state index contributed by atoms with van der Waals surface area (Å²) in [5.74, 6) is 0.834. The van der Waals surface area contributed by atoms with E-state index in [4.69, 9.17) is 0 Å². The Kier molecular flexibility index (Phi) is 5.00. The van der Waals surface area contributed by atoms with E-state index in [1.807, 2.05) is 6.08 Å². The van der Waals surface area contributed by atoms with E-state index >= 15 is 0 Å². The number of hydrogen-bond donors (Lipinski definition) is 1. The second-order valence-corrected chi connectivity index (χ2v) is 5.33. The van der Waals surface area contributed by atoms with Crippen LogP contribution in [0.3, 0.4) is 0 Å². The van der Waals surface area contributed by atoms with Gasteiger partial charge >= 0.3 is 0 Å². The van der Waals surface area contributed by atoms with Crippen LogP contribution in [-0.2, 0) is 0 Å². The molecule has 1 unspecified atom stereocenters. The Bertz CT molecular complexity index is 362. The fourth-order valence-electron chi connectivity index (χ4n) is 2.56. The first kappa shape index (κ1) is 13.4. The molecule has 98 valence electrons. The van der Waals surface area contributed by atoms with Crippen LogP contribution in [0, 0.1) is 0 Å². The molecular formula is C17H25N. The molecule has 1 nitrogen and oxygen atoms in total. The van der Waals surface area contributed by atoms with Crippen molar-refractivity contribution in [2.75, 3.05) is 6.54 Å². The van der Waals surface area contributed by atoms with E-state index < -0.39 is 0 Å². The molecule has 0 bridgehead atoms. The standard InChI is InChI=1S/C17H25N/c1-3-6-17(18-13-4-2)16-11-9-15(10-12-16)14-7-5-8-14/h3,9-12,14,17-18H,1,4-8,13H2,2H3. The van der Waals surface area contributed by atoms with E-state index in [9.17, 15) is 0 Å². The van der Waals surface area contributed by atoms with Crippen molar-refractivity contribution in [1.29, 1.82) is 0 Å². The molecular weight excluding hydrogens is 218 g/mol. The van der Waals surface area contributed by atoms with E-state index in [2.05, 4.69) is 43.1 Å². The maximum absolute atomic E-state index is 3.86. The zero-order valence-corrected chi connectivity index (χ0v) is 11.5. The van der Waals surface area contributed by atoms with Crippen LogP contribution in [0.4, 0.5) is 0 Å². The van der Waals surface area contributed by atoms with Crippen LogP contribution in [0.1, 0.15) is 62.1 Å². The summed E-state index contributed by atoms with van der Waals surface area (Å²) in [5, 5.41) is 3.59. The predicted octanol–water partition coefficient (Wildman–Crippen LogP) is 4.57. The van der Waals surface area contributed by atoms with Gasteiger partial charge in [0, 0.05) is 6.04 Å². The molecule has 1 fully saturated rings. The molecule has 0 spiro atoms. The lowest BCUT2D eigenvalue weighted by Gasteiger charge is -2.26. The van der Waals surface area contributed by atoms with Crippen LogP contribution < -0.4 is 5.32 Å². The molecule has 1 aromatic rings. The lowest BCUT2D eigenvalue weighted by Crippen LogP contribution is -2.21. The first-order valence-electron chi connectivity index (χ1n) is 7.29. The Balaban J connectivity index is 2.02. The van der Waals surface area contributed by atoms with E-state index in [0.29, 0.717) is 6.04 Å². The molecule has 0 heterocycles. The van der Waals surface area contributed by atoms with Crippen LogP contribution in [0.5, 0.6) is 0 Å². The first-order chi connectivity index (χ1) is 8.85. The van der Waals surface area contributed by atoms with E-state index in [-0.39, 0.29) is 0 Å². The molecule has 0 aromatic heterocycles. The zero-order valence-electron chi connectivity index (χ0n) is 11.5. The molecule has 2 rings (SSSR count). The van der Waals surface area contributed by atoms with E-state index in [0.717, 1.165) is 18.9 Å². The maximum atomic E-state index is 3.86. The minimum atomic E-state index is 0.429. The fraction of sp³-hybridized carbons (Fsp3) is 0.529. The van der Waals surface area contributed by atoms with Gasteiger partial charge in [-0.25, -0.2) is 0 Å². The minimum absolute atomic E-state index is 0.429. The monoisotopic (exact) mass is 243 g/mol. The second-order valence-electron chi connectivity index (χ2n) is 5.33. The van der Waals surface area contributed by atoms with Gasteiger partial charge in [0.15, 0.2) is 0 Å². The average Bonchev–Trinajstić information content (AvgIpc) is 2.33. The van der Waals surface area contributed by atoms with Crippen molar-refractivity contribution in [3.8, 4) is 0 Å². The summed E-state index contributed by atoms with van der Waals surface area (Å²) in [6, 6.07) is 9.67. The number of nitrogens with one attached hydrogen (secondary N) is 1. The van der Waals surface area contributed by atoms with Gasteiger partial charge in [-0.3, -0.25) is 0 Å². The summed E-state index contributed by atoms with van der Waals surface area (Å²) in [4.78, 5) is 0. The Labute approximate surface area is 111 Å². The third-order valence-corrected chi connectivity index (χ3v) is 3.96. The molecule has 0 radical (unpaired) electrons. The predicted molar refractivity (Wildman–Crippen MR) is 78.9 cm³/mol. The molecule has 1 N–H and O–H groups in total. The van der Waals surface area contributed by atoms with Crippen molar-refractivity contribution in [3.05, 3.63) is 48.0 Å². The zero-order chi connectivity index (χ0) is 12.8. The SMILES string of the molecule is C=CCC(NCCC)c1ccc(C2CCC2)cc1. The highest BCUT2D eigenvalue weighted by Crippen LogP contribution is 2.36. The number of benzene rings is 1. The minimum Gasteiger partial charge on any atom is -0.310 e. The molecule has 1 saturated carbocycles. The Morgan fingerprint density at radius 3 is 2.56 bits per heavy atom. The molecule has 18 heavy (non-hydrogen) atoms. The van der Waals surface area contributed by atoms with Gasteiger partial charge in [-0.1, -0.05) is 43.7 Å². The van der Waals surface area contributed by atoms with Crippen LogP contribution in [0.2, 0.25) is 0 Å². The smallest absolute Gasteiger partial charge is 0.0354 e. The third-order valence-electron chi connectivity index (χ3n) is 3.96. The molecule has 0 amide bonds. The van der Waals surface area contributed by atoms with Crippen molar-refractivity contribution in [2.45, 2.75) is 51.0 Å². The van der Waals surface area contributed by atoms with Crippen LogP contribution in [0.15, 0.2) is 36.9 Å². The molecule has 1 atom stereocenters. The summed E-state index contributed by atoms with van der Waals surface area (Å²) in [5.41, 5.74) is 2.92. The Hall–Kier alpha value is -1.08. The third kappa shape index (κ3) is 3.23. The summed E-state index contributed by atoms with van der Waals surface area (Å²) >= 11 is 0. The van der Waals surface area contributed by atoms with Gasteiger partial charge in [0.05, 0.1) is 0 Å². The van der Waals surface area contributed by atoms with Crippen LogP contribution >= 0.6 is 0 Å². The summed E-state index contributed by atoms with van der Waals surface area (Å²) in [7, 11) is 0. The summed E-state index contributed by atoms with van der Waals surface area (Å²) < 4.78 is 0. The lowest BCUT2D eigenvalue weighted by molar-refractivity contribution is 0.419. The van der Waals surface area contributed by atoms with Crippen LogP contribution in [0.25, 0.3) is 0 Å². The molecule has 0 aliphatic heterocycles. The summed E-state index contributed by atoms with van der Waals surface area (Å²) in [6.07, 6.45) is 8.35. The highest BCUT2D eigenvalue weighted by molar-refractivity contribution is 5.28.